The summed E-state index contributed by atoms with van der Waals surface area (Å²) in [6, 6.07) is 20.6. The number of benzene rings is 2. The third-order valence-corrected chi connectivity index (χ3v) is 5.26. The van der Waals surface area contributed by atoms with Crippen molar-refractivity contribution in [2.24, 2.45) is 0 Å². The number of carbonyl (C=O) groups excluding carboxylic acids is 2. The van der Waals surface area contributed by atoms with E-state index in [1.807, 2.05) is 54.6 Å². The van der Waals surface area contributed by atoms with E-state index in [4.69, 9.17) is 4.42 Å². The minimum atomic E-state index is -0.932. The minimum absolute atomic E-state index is 0.0424. The monoisotopic (exact) mass is 344 g/mol. The maximum atomic E-state index is 13.2. The molecule has 1 atom stereocenters. The molecular formula is C21H16N2O3. The van der Waals surface area contributed by atoms with Gasteiger partial charge in [-0.1, -0.05) is 48.5 Å². The summed E-state index contributed by atoms with van der Waals surface area (Å²) in [7, 11) is 0. The number of amides is 2. The van der Waals surface area contributed by atoms with E-state index in [-0.39, 0.29) is 17.6 Å². The van der Waals surface area contributed by atoms with Crippen LogP contribution in [-0.2, 0) is 5.66 Å². The molecular weight excluding hydrogens is 328 g/mol. The third kappa shape index (κ3) is 1.74. The molecule has 0 spiro atoms. The smallest absolute Gasteiger partial charge is 0.291 e. The van der Waals surface area contributed by atoms with Gasteiger partial charge in [0.05, 0.1) is 6.26 Å². The molecule has 1 saturated heterocycles. The molecule has 5 nitrogen and oxygen atoms in total. The van der Waals surface area contributed by atoms with E-state index in [0.29, 0.717) is 18.7 Å². The van der Waals surface area contributed by atoms with Crippen molar-refractivity contribution in [2.75, 3.05) is 13.1 Å². The van der Waals surface area contributed by atoms with Gasteiger partial charge in [-0.15, -0.1) is 0 Å². The van der Waals surface area contributed by atoms with Crippen LogP contribution in [0.2, 0.25) is 0 Å². The van der Waals surface area contributed by atoms with E-state index < -0.39 is 5.66 Å². The summed E-state index contributed by atoms with van der Waals surface area (Å²) < 4.78 is 5.36. The van der Waals surface area contributed by atoms with Gasteiger partial charge >= 0.3 is 0 Å². The van der Waals surface area contributed by atoms with Gasteiger partial charge in [0, 0.05) is 29.8 Å². The second-order valence-electron chi connectivity index (χ2n) is 6.47. The molecule has 128 valence electrons. The fourth-order valence-electron chi connectivity index (χ4n) is 4.25. The summed E-state index contributed by atoms with van der Waals surface area (Å²) >= 11 is 0. The topological polar surface area (TPSA) is 53.8 Å². The first-order chi connectivity index (χ1) is 12.7. The number of fused-ring (bicyclic) bond motifs is 3. The summed E-state index contributed by atoms with van der Waals surface area (Å²) in [5.74, 6) is 0.0176. The number of carbonyl (C=O) groups is 2. The number of hydrogen-bond donors (Lipinski definition) is 0. The predicted molar refractivity (Wildman–Crippen MR) is 94.4 cm³/mol. The molecule has 2 aliphatic heterocycles. The zero-order valence-electron chi connectivity index (χ0n) is 14.0. The van der Waals surface area contributed by atoms with Crippen molar-refractivity contribution in [3.8, 4) is 0 Å². The largest absolute Gasteiger partial charge is 0.459 e. The van der Waals surface area contributed by atoms with Crippen molar-refractivity contribution in [2.45, 2.75) is 5.66 Å². The standard InChI is InChI=1S/C21H16N2O3/c24-19-16-9-4-5-10-17(16)21(15-7-2-1-3-8-15)22(19)12-13-23(21)20(25)18-11-6-14-26-18/h1-11,14H,12-13H2. The lowest BCUT2D eigenvalue weighted by Crippen LogP contribution is -2.51. The molecule has 5 rings (SSSR count). The number of nitrogens with zero attached hydrogens (tertiary/aromatic N) is 2. The maximum absolute atomic E-state index is 13.2. The van der Waals surface area contributed by atoms with Crippen LogP contribution in [0, 0.1) is 0 Å². The molecule has 2 aromatic carbocycles. The highest BCUT2D eigenvalue weighted by molar-refractivity contribution is 6.03. The third-order valence-electron chi connectivity index (χ3n) is 5.26. The molecule has 3 aromatic rings. The normalized spacial score (nSPS) is 21.0. The van der Waals surface area contributed by atoms with Crippen LogP contribution in [-0.4, -0.2) is 34.7 Å². The van der Waals surface area contributed by atoms with E-state index in [9.17, 15) is 9.59 Å². The molecule has 0 saturated carbocycles. The van der Waals surface area contributed by atoms with E-state index >= 15 is 0 Å². The first-order valence-electron chi connectivity index (χ1n) is 8.57. The van der Waals surface area contributed by atoms with Gasteiger partial charge in [0.1, 0.15) is 0 Å². The molecule has 0 bridgehead atoms. The molecule has 1 unspecified atom stereocenters. The molecule has 0 radical (unpaired) electrons. The Morgan fingerprint density at radius 3 is 2.46 bits per heavy atom. The molecule has 0 aliphatic carbocycles. The van der Waals surface area contributed by atoms with Gasteiger partial charge in [-0.3, -0.25) is 9.59 Å². The zero-order chi connectivity index (χ0) is 17.7. The van der Waals surface area contributed by atoms with Crippen molar-refractivity contribution in [3.63, 3.8) is 0 Å². The van der Waals surface area contributed by atoms with Crippen molar-refractivity contribution >= 4 is 11.8 Å². The van der Waals surface area contributed by atoms with Crippen molar-refractivity contribution in [1.29, 1.82) is 0 Å². The van der Waals surface area contributed by atoms with Crippen LogP contribution < -0.4 is 0 Å². The molecule has 1 fully saturated rings. The van der Waals surface area contributed by atoms with Crippen LogP contribution in [0.25, 0.3) is 0 Å². The highest BCUT2D eigenvalue weighted by Gasteiger charge is 2.59. The Morgan fingerprint density at radius 1 is 0.923 bits per heavy atom. The fourth-order valence-corrected chi connectivity index (χ4v) is 4.25. The predicted octanol–water partition coefficient (Wildman–Crippen LogP) is 3.09. The van der Waals surface area contributed by atoms with Crippen LogP contribution in [0.15, 0.2) is 77.4 Å². The second kappa shape index (κ2) is 5.33. The lowest BCUT2D eigenvalue weighted by atomic mass is 9.89. The average molecular weight is 344 g/mol. The van der Waals surface area contributed by atoms with E-state index in [0.717, 1.165) is 11.1 Å². The van der Waals surface area contributed by atoms with Crippen molar-refractivity contribution in [3.05, 3.63) is 95.4 Å². The number of furan rings is 1. The van der Waals surface area contributed by atoms with Gasteiger partial charge in [-0.2, -0.15) is 0 Å². The Kier molecular flexibility index (Phi) is 3.06. The molecule has 26 heavy (non-hydrogen) atoms. The average Bonchev–Trinajstić information content (AvgIpc) is 3.40. The Morgan fingerprint density at radius 2 is 1.69 bits per heavy atom. The summed E-state index contributed by atoms with van der Waals surface area (Å²) in [5, 5.41) is 0. The first-order valence-corrected chi connectivity index (χ1v) is 8.57. The van der Waals surface area contributed by atoms with Gasteiger partial charge in [0.25, 0.3) is 11.8 Å². The maximum Gasteiger partial charge on any atom is 0.291 e. The van der Waals surface area contributed by atoms with Crippen molar-refractivity contribution < 1.29 is 14.0 Å². The minimum Gasteiger partial charge on any atom is -0.459 e. The molecule has 2 aliphatic rings. The summed E-state index contributed by atoms with van der Waals surface area (Å²) in [6.07, 6.45) is 1.49. The molecule has 0 N–H and O–H groups in total. The molecule has 5 heteroatoms. The lowest BCUT2D eigenvalue weighted by Gasteiger charge is -2.40. The summed E-state index contributed by atoms with van der Waals surface area (Å²) in [5.41, 5.74) is 1.45. The van der Waals surface area contributed by atoms with Crippen molar-refractivity contribution in [1.82, 2.24) is 9.80 Å². The molecule has 1 aromatic heterocycles. The Labute approximate surface area is 150 Å². The van der Waals surface area contributed by atoms with Crippen LogP contribution in [0.3, 0.4) is 0 Å². The Hall–Kier alpha value is -3.34. The van der Waals surface area contributed by atoms with Gasteiger partial charge in [-0.25, -0.2) is 0 Å². The fraction of sp³-hybridized carbons (Fsp3) is 0.143. The van der Waals surface area contributed by atoms with Gasteiger partial charge in [0.15, 0.2) is 11.4 Å². The first kappa shape index (κ1) is 15.0. The van der Waals surface area contributed by atoms with Crippen LogP contribution in [0.1, 0.15) is 32.0 Å². The molecule has 2 amide bonds. The van der Waals surface area contributed by atoms with Gasteiger partial charge in [0.2, 0.25) is 0 Å². The Balaban J connectivity index is 1.78. The molecule has 3 heterocycles. The quantitative estimate of drug-likeness (QED) is 0.718. The van der Waals surface area contributed by atoms with E-state index in [2.05, 4.69) is 0 Å². The van der Waals surface area contributed by atoms with Gasteiger partial charge in [-0.05, 0) is 18.2 Å². The summed E-state index contributed by atoms with van der Waals surface area (Å²) in [4.78, 5) is 29.9. The SMILES string of the molecule is O=C(c1ccco1)N1CCN2C(=O)c3ccccc3C12c1ccccc1. The second-order valence-corrected chi connectivity index (χ2v) is 6.47. The number of rotatable bonds is 2. The highest BCUT2D eigenvalue weighted by atomic mass is 16.3. The van der Waals surface area contributed by atoms with Crippen LogP contribution >= 0.6 is 0 Å². The van der Waals surface area contributed by atoms with E-state index in [1.165, 1.54) is 6.26 Å². The van der Waals surface area contributed by atoms with Gasteiger partial charge < -0.3 is 14.2 Å². The number of hydrogen-bond acceptors (Lipinski definition) is 3. The van der Waals surface area contributed by atoms with Crippen LogP contribution in [0.5, 0.6) is 0 Å². The Bertz CT molecular complexity index is 997. The zero-order valence-corrected chi connectivity index (χ0v) is 14.0. The summed E-state index contributed by atoms with van der Waals surface area (Å²) in [6.45, 7) is 0.934. The lowest BCUT2D eigenvalue weighted by molar-refractivity contribution is 0.0355. The van der Waals surface area contributed by atoms with E-state index in [1.54, 1.807) is 21.9 Å². The highest BCUT2D eigenvalue weighted by Crippen LogP contribution is 2.49. The van der Waals surface area contributed by atoms with Crippen LogP contribution in [0.4, 0.5) is 0 Å².